The quantitative estimate of drug-likeness (QED) is 0.562. The van der Waals surface area contributed by atoms with Gasteiger partial charge in [0.15, 0.2) is 0 Å². The first-order valence-corrected chi connectivity index (χ1v) is 12.0. The Morgan fingerprint density at radius 1 is 1.06 bits per heavy atom. The average molecular weight is 476 g/mol. The number of piperazine rings is 1. The van der Waals surface area contributed by atoms with Crippen molar-refractivity contribution in [3.8, 4) is 12.1 Å². The fraction of sp³-hybridized carbons (Fsp3) is 0.640. The number of amides is 1. The molecule has 1 saturated heterocycles. The monoisotopic (exact) mass is 475 g/mol. The van der Waals surface area contributed by atoms with Crippen LogP contribution in [0.1, 0.15) is 62.5 Å². The van der Waals surface area contributed by atoms with E-state index < -0.39 is 11.7 Å². The number of nitriles is 2. The first-order chi connectivity index (χ1) is 16.3. The van der Waals surface area contributed by atoms with Gasteiger partial charge in [-0.25, -0.2) is 0 Å². The van der Waals surface area contributed by atoms with E-state index in [-0.39, 0.29) is 17.5 Å². The molecule has 1 aliphatic heterocycles. The maximum Gasteiger partial charge on any atom is 0.416 e. The fourth-order valence-corrected chi connectivity index (χ4v) is 4.84. The molecule has 0 unspecified atom stereocenters. The third-order valence-electron chi connectivity index (χ3n) is 6.87. The van der Waals surface area contributed by atoms with E-state index in [9.17, 15) is 18.0 Å². The minimum Gasteiger partial charge on any atom is -0.369 e. The van der Waals surface area contributed by atoms with Gasteiger partial charge in [-0.05, 0) is 69.2 Å². The molecule has 0 bridgehead atoms. The lowest BCUT2D eigenvalue weighted by molar-refractivity contribution is -0.137. The predicted octanol–water partition coefficient (Wildman–Crippen LogP) is 4.46. The summed E-state index contributed by atoms with van der Waals surface area (Å²) in [5, 5.41) is 20.8. The van der Waals surface area contributed by atoms with E-state index in [2.05, 4.69) is 16.3 Å². The van der Waals surface area contributed by atoms with E-state index in [0.29, 0.717) is 44.0 Å². The van der Waals surface area contributed by atoms with Crippen LogP contribution in [0, 0.1) is 28.6 Å². The average Bonchev–Trinajstić information content (AvgIpc) is 2.83. The molecule has 1 heterocycles. The van der Waals surface area contributed by atoms with Gasteiger partial charge >= 0.3 is 6.18 Å². The van der Waals surface area contributed by atoms with Crippen LogP contribution >= 0.6 is 0 Å². The van der Waals surface area contributed by atoms with Gasteiger partial charge in [-0.2, -0.15) is 23.7 Å². The number of carbonyl (C=O) groups excluding carboxylic acids is 1. The summed E-state index contributed by atoms with van der Waals surface area (Å²) in [5.74, 6) is 0.672. The standard InChI is InChI=1S/C25H32F3N5O/c26-25(27,28)21-15-20(18-30)16-23(17-21)33-13-11-32(12-14-33)10-8-19-4-6-22(7-5-19)31-24(34)3-1-2-9-29/h15-17,19,22H,1-8,10-14H2,(H,31,34). The van der Waals surface area contributed by atoms with Gasteiger partial charge in [-0.3, -0.25) is 9.69 Å². The number of hydrogen-bond acceptors (Lipinski definition) is 5. The molecule has 1 aliphatic carbocycles. The van der Waals surface area contributed by atoms with Gasteiger partial charge in [-0.15, -0.1) is 0 Å². The van der Waals surface area contributed by atoms with Gasteiger partial charge < -0.3 is 10.2 Å². The van der Waals surface area contributed by atoms with E-state index in [1.165, 1.54) is 6.07 Å². The zero-order chi connectivity index (χ0) is 24.6. The number of nitrogens with one attached hydrogen (secondary N) is 1. The van der Waals surface area contributed by atoms with E-state index in [1.54, 1.807) is 0 Å². The van der Waals surface area contributed by atoms with Crippen LogP contribution < -0.4 is 10.2 Å². The van der Waals surface area contributed by atoms with Gasteiger partial charge in [0, 0.05) is 50.7 Å². The second kappa shape index (κ2) is 12.1. The minimum atomic E-state index is -4.47. The Morgan fingerprint density at radius 3 is 2.38 bits per heavy atom. The first kappa shape index (κ1) is 25.8. The number of carbonyl (C=O) groups is 1. The lowest BCUT2D eigenvalue weighted by Gasteiger charge is -2.37. The minimum absolute atomic E-state index is 0.0289. The molecule has 2 fully saturated rings. The highest BCUT2D eigenvalue weighted by atomic mass is 19.4. The normalized spacial score (nSPS) is 21.5. The van der Waals surface area contributed by atoms with Crippen molar-refractivity contribution < 1.29 is 18.0 Å². The molecule has 1 amide bonds. The Kier molecular flexibility index (Phi) is 9.18. The zero-order valence-electron chi connectivity index (χ0n) is 19.4. The molecule has 1 aromatic rings. The number of nitrogens with zero attached hydrogens (tertiary/aromatic N) is 4. The number of anilines is 1. The number of unbranched alkanes of at least 4 members (excludes halogenated alkanes) is 1. The van der Waals surface area contributed by atoms with Crippen LogP contribution in [0.2, 0.25) is 0 Å². The van der Waals surface area contributed by atoms with Crippen LogP contribution in [-0.4, -0.2) is 49.6 Å². The Hall–Kier alpha value is -2.78. The van der Waals surface area contributed by atoms with Gasteiger partial charge in [-0.1, -0.05) is 0 Å². The Morgan fingerprint density at radius 2 is 1.76 bits per heavy atom. The second-order valence-electron chi connectivity index (χ2n) is 9.29. The summed E-state index contributed by atoms with van der Waals surface area (Å²) in [7, 11) is 0. The van der Waals surface area contributed by atoms with Crippen LogP contribution in [0.5, 0.6) is 0 Å². The van der Waals surface area contributed by atoms with Crippen LogP contribution in [0.25, 0.3) is 0 Å². The van der Waals surface area contributed by atoms with Crippen molar-refractivity contribution in [1.82, 2.24) is 10.2 Å². The number of halogens is 3. The highest BCUT2D eigenvalue weighted by Crippen LogP contribution is 2.33. The highest BCUT2D eigenvalue weighted by molar-refractivity contribution is 5.76. The molecule has 0 atom stereocenters. The van der Waals surface area contributed by atoms with Crippen molar-refractivity contribution >= 4 is 11.6 Å². The van der Waals surface area contributed by atoms with Crippen molar-refractivity contribution in [2.24, 2.45) is 5.92 Å². The Labute approximate surface area is 199 Å². The molecule has 184 valence electrons. The van der Waals surface area contributed by atoms with Gasteiger partial charge in [0.2, 0.25) is 5.91 Å². The zero-order valence-corrected chi connectivity index (χ0v) is 19.4. The van der Waals surface area contributed by atoms with E-state index >= 15 is 0 Å². The number of rotatable bonds is 8. The number of benzene rings is 1. The summed E-state index contributed by atoms with van der Waals surface area (Å²) >= 11 is 0. The van der Waals surface area contributed by atoms with Crippen molar-refractivity contribution in [3.05, 3.63) is 29.3 Å². The van der Waals surface area contributed by atoms with Crippen molar-refractivity contribution in [2.45, 2.75) is 63.6 Å². The molecule has 2 aliphatic rings. The fourth-order valence-electron chi connectivity index (χ4n) is 4.84. The van der Waals surface area contributed by atoms with Crippen molar-refractivity contribution in [2.75, 3.05) is 37.6 Å². The number of alkyl halides is 3. The van der Waals surface area contributed by atoms with Gasteiger partial charge in [0.1, 0.15) is 0 Å². The van der Waals surface area contributed by atoms with E-state index in [4.69, 9.17) is 10.5 Å². The Balaban J connectivity index is 1.39. The first-order valence-electron chi connectivity index (χ1n) is 12.0. The summed E-state index contributed by atoms with van der Waals surface area (Å²) in [5.41, 5.74) is -0.293. The molecular formula is C25H32F3N5O. The molecule has 6 nitrogen and oxygen atoms in total. The summed E-state index contributed by atoms with van der Waals surface area (Å²) in [6.45, 7) is 3.81. The summed E-state index contributed by atoms with van der Waals surface area (Å²) in [6.07, 6.45) is 2.20. The third kappa shape index (κ3) is 7.63. The van der Waals surface area contributed by atoms with E-state index in [1.807, 2.05) is 11.0 Å². The molecule has 3 rings (SSSR count). The van der Waals surface area contributed by atoms with Crippen LogP contribution in [0.4, 0.5) is 18.9 Å². The van der Waals surface area contributed by atoms with Gasteiger partial charge in [0.25, 0.3) is 0 Å². The van der Waals surface area contributed by atoms with Crippen LogP contribution in [0.15, 0.2) is 18.2 Å². The SMILES string of the molecule is N#CCCCC(=O)NC1CCC(CCN2CCN(c3cc(C#N)cc(C(F)(F)F)c3)CC2)CC1. The van der Waals surface area contributed by atoms with Crippen LogP contribution in [0.3, 0.4) is 0 Å². The molecule has 1 saturated carbocycles. The molecule has 0 aromatic heterocycles. The highest BCUT2D eigenvalue weighted by Gasteiger charge is 2.32. The smallest absolute Gasteiger partial charge is 0.369 e. The van der Waals surface area contributed by atoms with Crippen molar-refractivity contribution in [3.63, 3.8) is 0 Å². The third-order valence-corrected chi connectivity index (χ3v) is 6.87. The summed E-state index contributed by atoms with van der Waals surface area (Å²) in [4.78, 5) is 16.2. The maximum atomic E-state index is 13.2. The molecule has 1 N–H and O–H groups in total. The summed E-state index contributed by atoms with van der Waals surface area (Å²) in [6, 6.07) is 7.70. The molecule has 34 heavy (non-hydrogen) atoms. The molecule has 0 radical (unpaired) electrons. The molecule has 9 heteroatoms. The van der Waals surface area contributed by atoms with Crippen molar-refractivity contribution in [1.29, 1.82) is 10.5 Å². The van der Waals surface area contributed by atoms with Crippen LogP contribution in [-0.2, 0) is 11.0 Å². The lowest BCUT2D eigenvalue weighted by atomic mass is 9.84. The van der Waals surface area contributed by atoms with Gasteiger partial charge in [0.05, 0.1) is 23.3 Å². The second-order valence-corrected chi connectivity index (χ2v) is 9.29. The number of hydrogen-bond donors (Lipinski definition) is 1. The maximum absolute atomic E-state index is 13.2. The topological polar surface area (TPSA) is 83.2 Å². The lowest BCUT2D eigenvalue weighted by Crippen LogP contribution is -2.47. The molecular weight excluding hydrogens is 443 g/mol. The predicted molar refractivity (Wildman–Crippen MR) is 123 cm³/mol. The molecule has 1 aromatic carbocycles. The Bertz CT molecular complexity index is 905. The summed E-state index contributed by atoms with van der Waals surface area (Å²) < 4.78 is 39.5. The van der Waals surface area contributed by atoms with E-state index in [0.717, 1.165) is 63.9 Å². The largest absolute Gasteiger partial charge is 0.416 e. The molecule has 0 spiro atoms.